The molecule has 0 saturated carbocycles. The Labute approximate surface area is 173 Å². The lowest BCUT2D eigenvalue weighted by atomic mass is 9.85. The highest BCUT2D eigenvalue weighted by Gasteiger charge is 2.40. The molecule has 7 heteroatoms. The van der Waals surface area contributed by atoms with Crippen molar-refractivity contribution in [3.63, 3.8) is 0 Å². The van der Waals surface area contributed by atoms with Crippen molar-refractivity contribution in [3.05, 3.63) is 81.1 Å². The highest BCUT2D eigenvalue weighted by atomic mass is 35.5. The quantitative estimate of drug-likeness (QED) is 0.374. The summed E-state index contributed by atoms with van der Waals surface area (Å²) in [6.45, 7) is 4.21. The van der Waals surface area contributed by atoms with E-state index in [0.29, 0.717) is 22.1 Å². The molecule has 0 bridgehead atoms. The molecule has 0 saturated heterocycles. The topological polar surface area (TPSA) is 77.5 Å². The standard InChI is InChI=1S/C22H21ClN2O4/c1-3-22(4-2)16-7-5-6-8-17(16)24-21(29-22)20-12-11-19(28-20)15-10-9-14(23)13-18(15)25(26)27/h5-13,21,24H,3-4H2,1-2H3/t21-/m1/s1. The summed E-state index contributed by atoms with van der Waals surface area (Å²) in [5.74, 6) is 0.955. The van der Waals surface area contributed by atoms with Crippen LogP contribution in [0.15, 0.2) is 59.0 Å². The molecule has 0 amide bonds. The van der Waals surface area contributed by atoms with Gasteiger partial charge in [-0.25, -0.2) is 0 Å². The van der Waals surface area contributed by atoms with Crippen molar-refractivity contribution in [2.75, 3.05) is 5.32 Å². The molecule has 1 N–H and O–H groups in total. The molecule has 0 fully saturated rings. The van der Waals surface area contributed by atoms with Crippen molar-refractivity contribution in [1.29, 1.82) is 0 Å². The predicted octanol–water partition coefficient (Wildman–Crippen LogP) is 6.66. The third kappa shape index (κ3) is 3.39. The third-order valence-corrected chi connectivity index (χ3v) is 5.73. The fraction of sp³-hybridized carbons (Fsp3) is 0.273. The number of benzene rings is 2. The molecule has 0 spiro atoms. The van der Waals surface area contributed by atoms with Crippen LogP contribution < -0.4 is 5.32 Å². The van der Waals surface area contributed by atoms with E-state index in [1.807, 2.05) is 18.2 Å². The van der Waals surface area contributed by atoms with Crippen LogP contribution in [-0.4, -0.2) is 4.92 Å². The molecule has 1 aromatic heterocycles. The molecule has 1 aliphatic heterocycles. The van der Waals surface area contributed by atoms with Crippen molar-refractivity contribution >= 4 is 23.0 Å². The van der Waals surface area contributed by atoms with Gasteiger partial charge in [0.2, 0.25) is 0 Å². The fourth-order valence-electron chi connectivity index (χ4n) is 3.90. The number of hydrogen-bond acceptors (Lipinski definition) is 5. The monoisotopic (exact) mass is 412 g/mol. The van der Waals surface area contributed by atoms with E-state index in [-0.39, 0.29) is 5.69 Å². The normalized spacial score (nSPS) is 17.4. The minimum atomic E-state index is -0.495. The molecule has 0 unspecified atom stereocenters. The minimum absolute atomic E-state index is 0.0993. The number of para-hydroxylation sites is 1. The summed E-state index contributed by atoms with van der Waals surface area (Å²) < 4.78 is 12.5. The molecular weight excluding hydrogens is 392 g/mol. The van der Waals surface area contributed by atoms with Gasteiger partial charge in [0.15, 0.2) is 12.0 Å². The molecule has 4 rings (SSSR count). The second-order valence-electron chi connectivity index (χ2n) is 7.01. The largest absolute Gasteiger partial charge is 0.456 e. The smallest absolute Gasteiger partial charge is 0.281 e. The maximum Gasteiger partial charge on any atom is 0.281 e. The summed E-state index contributed by atoms with van der Waals surface area (Å²) in [5.41, 5.74) is 1.98. The van der Waals surface area contributed by atoms with Crippen molar-refractivity contribution in [2.45, 2.75) is 38.5 Å². The fourth-order valence-corrected chi connectivity index (χ4v) is 4.06. The second kappa shape index (κ2) is 7.54. The molecule has 2 aromatic carbocycles. The molecule has 1 aliphatic rings. The summed E-state index contributed by atoms with van der Waals surface area (Å²) in [5, 5.41) is 15.1. The molecule has 1 atom stereocenters. The van der Waals surface area contributed by atoms with Gasteiger partial charge in [0.1, 0.15) is 5.76 Å². The number of fused-ring (bicyclic) bond motifs is 1. The Kier molecular flexibility index (Phi) is 5.06. The lowest BCUT2D eigenvalue weighted by Gasteiger charge is -2.42. The number of hydrogen-bond donors (Lipinski definition) is 1. The van der Waals surface area contributed by atoms with Crippen LogP contribution in [0, 0.1) is 10.1 Å². The first-order chi connectivity index (χ1) is 14.0. The van der Waals surface area contributed by atoms with E-state index < -0.39 is 16.8 Å². The van der Waals surface area contributed by atoms with E-state index in [1.54, 1.807) is 24.3 Å². The average Bonchev–Trinajstić information content (AvgIpc) is 3.23. The van der Waals surface area contributed by atoms with Crippen LogP contribution in [0.3, 0.4) is 0 Å². The van der Waals surface area contributed by atoms with Gasteiger partial charge < -0.3 is 14.5 Å². The first kappa shape index (κ1) is 19.5. The predicted molar refractivity (Wildman–Crippen MR) is 112 cm³/mol. The van der Waals surface area contributed by atoms with Crippen molar-refractivity contribution in [3.8, 4) is 11.3 Å². The molecular formula is C22H21ClN2O4. The lowest BCUT2D eigenvalue weighted by molar-refractivity contribution is -0.384. The molecule has 6 nitrogen and oxygen atoms in total. The van der Waals surface area contributed by atoms with Gasteiger partial charge in [0.25, 0.3) is 5.69 Å². The molecule has 0 radical (unpaired) electrons. The van der Waals surface area contributed by atoms with Crippen LogP contribution in [-0.2, 0) is 10.3 Å². The number of anilines is 1. The van der Waals surface area contributed by atoms with Crippen LogP contribution in [0.25, 0.3) is 11.3 Å². The number of ether oxygens (including phenoxy) is 1. The van der Waals surface area contributed by atoms with E-state index >= 15 is 0 Å². The first-order valence-corrected chi connectivity index (χ1v) is 9.93. The number of nitrogens with one attached hydrogen (secondary N) is 1. The van der Waals surface area contributed by atoms with E-state index in [0.717, 1.165) is 24.1 Å². The maximum absolute atomic E-state index is 11.4. The van der Waals surface area contributed by atoms with Gasteiger partial charge in [0, 0.05) is 22.3 Å². The number of furan rings is 1. The molecule has 2 heterocycles. The Balaban J connectivity index is 1.72. The molecule has 0 aliphatic carbocycles. The van der Waals surface area contributed by atoms with E-state index in [2.05, 4.69) is 25.2 Å². The van der Waals surface area contributed by atoms with Gasteiger partial charge in [-0.05, 0) is 43.2 Å². The summed E-state index contributed by atoms with van der Waals surface area (Å²) in [6, 6.07) is 16.1. The van der Waals surface area contributed by atoms with Crippen molar-refractivity contribution in [2.24, 2.45) is 0 Å². The molecule has 29 heavy (non-hydrogen) atoms. The van der Waals surface area contributed by atoms with Crippen LogP contribution in [0.4, 0.5) is 11.4 Å². The Morgan fingerprint density at radius 1 is 1.14 bits per heavy atom. The lowest BCUT2D eigenvalue weighted by Crippen LogP contribution is -2.37. The first-order valence-electron chi connectivity index (χ1n) is 9.55. The van der Waals surface area contributed by atoms with Crippen molar-refractivity contribution in [1.82, 2.24) is 0 Å². The second-order valence-corrected chi connectivity index (χ2v) is 7.45. The van der Waals surface area contributed by atoms with E-state index in [9.17, 15) is 10.1 Å². The van der Waals surface area contributed by atoms with Crippen LogP contribution >= 0.6 is 11.6 Å². The number of nitro benzene ring substituents is 1. The van der Waals surface area contributed by atoms with Gasteiger partial charge >= 0.3 is 0 Å². The van der Waals surface area contributed by atoms with E-state index in [4.69, 9.17) is 20.8 Å². The Morgan fingerprint density at radius 2 is 1.90 bits per heavy atom. The summed E-state index contributed by atoms with van der Waals surface area (Å²) in [7, 11) is 0. The Hall–Kier alpha value is -2.83. The zero-order valence-electron chi connectivity index (χ0n) is 16.1. The zero-order chi connectivity index (χ0) is 20.6. The number of nitrogens with zero attached hydrogens (tertiary/aromatic N) is 1. The van der Waals surface area contributed by atoms with Gasteiger partial charge in [0.05, 0.1) is 16.1 Å². The minimum Gasteiger partial charge on any atom is -0.456 e. The zero-order valence-corrected chi connectivity index (χ0v) is 16.9. The molecule has 3 aromatic rings. The number of rotatable bonds is 5. The van der Waals surface area contributed by atoms with Crippen LogP contribution in [0.2, 0.25) is 5.02 Å². The van der Waals surface area contributed by atoms with Crippen molar-refractivity contribution < 1.29 is 14.1 Å². The van der Waals surface area contributed by atoms with E-state index in [1.165, 1.54) is 6.07 Å². The summed E-state index contributed by atoms with van der Waals surface area (Å²) >= 11 is 5.92. The van der Waals surface area contributed by atoms with Gasteiger partial charge in [-0.2, -0.15) is 0 Å². The highest BCUT2D eigenvalue weighted by molar-refractivity contribution is 6.30. The number of halogens is 1. The average molecular weight is 413 g/mol. The third-order valence-electron chi connectivity index (χ3n) is 5.50. The van der Waals surface area contributed by atoms with Crippen LogP contribution in [0.5, 0.6) is 0 Å². The highest BCUT2D eigenvalue weighted by Crippen LogP contribution is 2.46. The van der Waals surface area contributed by atoms with Crippen LogP contribution in [0.1, 0.15) is 44.2 Å². The maximum atomic E-state index is 11.4. The summed E-state index contributed by atoms with van der Waals surface area (Å²) in [6.07, 6.45) is 1.13. The summed E-state index contributed by atoms with van der Waals surface area (Å²) in [4.78, 5) is 11.0. The van der Waals surface area contributed by atoms with Gasteiger partial charge in [-0.15, -0.1) is 0 Å². The van der Waals surface area contributed by atoms with Gasteiger partial charge in [-0.1, -0.05) is 43.6 Å². The Morgan fingerprint density at radius 3 is 2.62 bits per heavy atom. The number of nitro groups is 1. The SMILES string of the molecule is CCC1(CC)O[C@H](c2ccc(-c3ccc(Cl)cc3[N+](=O)[O-])o2)Nc2ccccc21. The van der Waals surface area contributed by atoms with Gasteiger partial charge in [-0.3, -0.25) is 10.1 Å². The Bertz CT molecular complexity index is 1060. The molecule has 150 valence electrons.